The van der Waals surface area contributed by atoms with Gasteiger partial charge in [0.2, 0.25) is 0 Å². The summed E-state index contributed by atoms with van der Waals surface area (Å²) in [4.78, 5) is 0. The number of benzene rings is 3. The summed E-state index contributed by atoms with van der Waals surface area (Å²) in [5, 5.41) is 0.513. The molecule has 0 aromatic heterocycles. The summed E-state index contributed by atoms with van der Waals surface area (Å²) in [6.07, 6.45) is 0. The van der Waals surface area contributed by atoms with Crippen molar-refractivity contribution in [2.75, 3.05) is 13.2 Å². The molecule has 25 heavy (non-hydrogen) atoms. The molecule has 0 saturated carbocycles. The van der Waals surface area contributed by atoms with E-state index in [1.165, 1.54) is 0 Å². The first-order chi connectivity index (χ1) is 12.3. The van der Waals surface area contributed by atoms with Gasteiger partial charge in [-0.1, -0.05) is 54.6 Å². The Morgan fingerprint density at radius 2 is 1.16 bits per heavy atom. The van der Waals surface area contributed by atoms with Crippen molar-refractivity contribution in [3.05, 3.63) is 91.0 Å². The van der Waals surface area contributed by atoms with Crippen LogP contribution in [-0.4, -0.2) is 13.2 Å². The lowest BCUT2D eigenvalue weighted by molar-refractivity contribution is 0.203. The molecule has 0 N–H and O–H groups in total. The van der Waals surface area contributed by atoms with E-state index in [0.29, 0.717) is 11.1 Å². The van der Waals surface area contributed by atoms with E-state index in [-0.39, 0.29) is 13.2 Å². The first-order valence-electron chi connectivity index (χ1n) is 7.99. The molecule has 0 fully saturated rings. The molecule has 5 heteroatoms. The van der Waals surface area contributed by atoms with Gasteiger partial charge in [-0.15, -0.1) is 0 Å². The van der Waals surface area contributed by atoms with Crippen molar-refractivity contribution in [1.82, 2.24) is 0 Å². The second-order valence-corrected chi connectivity index (χ2v) is 7.18. The molecule has 0 bridgehead atoms. The van der Waals surface area contributed by atoms with Gasteiger partial charge in [0.15, 0.2) is 0 Å². The molecule has 0 spiro atoms. The third-order valence-electron chi connectivity index (χ3n) is 3.40. The maximum absolute atomic E-state index is 13.3. The minimum atomic E-state index is -3.49. The van der Waals surface area contributed by atoms with Crippen LogP contribution < -0.4 is 14.6 Å². The smallest absolute Gasteiger partial charge is 0.410 e. The molecule has 3 aromatic carbocycles. The topological polar surface area (TPSA) is 44.8 Å². The maximum Gasteiger partial charge on any atom is 0.410 e. The number of hydrogen-bond acceptors (Lipinski definition) is 4. The van der Waals surface area contributed by atoms with Gasteiger partial charge in [-0.3, -0.25) is 4.52 Å². The third-order valence-corrected chi connectivity index (χ3v) is 5.30. The highest BCUT2D eigenvalue weighted by Gasteiger charge is 2.29. The number of ether oxygens (including phenoxy) is 1. The molecule has 0 amide bonds. The van der Waals surface area contributed by atoms with Crippen molar-refractivity contribution in [3.63, 3.8) is 0 Å². The monoisotopic (exact) mass is 354 g/mol. The second-order valence-electron chi connectivity index (χ2n) is 5.23. The molecule has 4 nitrogen and oxygen atoms in total. The number of para-hydroxylation sites is 2. The van der Waals surface area contributed by atoms with Crippen LogP contribution in [0.2, 0.25) is 0 Å². The Bertz CT molecular complexity index is 807. The molecule has 0 aliphatic heterocycles. The largest absolute Gasteiger partial charge is 0.491 e. The predicted molar refractivity (Wildman–Crippen MR) is 98.6 cm³/mol. The fraction of sp³-hybridized carbons (Fsp3) is 0.100. The summed E-state index contributed by atoms with van der Waals surface area (Å²) < 4.78 is 30.2. The first-order valence-corrected chi connectivity index (χ1v) is 9.53. The standard InChI is InChI=1S/C20H19O4P/c21-25(20-14-8-3-9-15-20,24-19-12-6-2-7-13-19)23-17-16-22-18-10-4-1-5-11-18/h1-15H,16-17H2. The fourth-order valence-corrected chi connectivity index (χ4v) is 3.78. The molecule has 128 valence electrons. The van der Waals surface area contributed by atoms with E-state index in [2.05, 4.69) is 0 Å². The maximum atomic E-state index is 13.3. The van der Waals surface area contributed by atoms with Gasteiger partial charge in [0.1, 0.15) is 18.1 Å². The minimum Gasteiger partial charge on any atom is -0.491 e. The summed E-state index contributed by atoms with van der Waals surface area (Å²) >= 11 is 0. The highest BCUT2D eigenvalue weighted by Crippen LogP contribution is 2.47. The highest BCUT2D eigenvalue weighted by atomic mass is 31.2. The van der Waals surface area contributed by atoms with Crippen molar-refractivity contribution in [2.24, 2.45) is 0 Å². The van der Waals surface area contributed by atoms with Gasteiger partial charge in [0.25, 0.3) is 0 Å². The van der Waals surface area contributed by atoms with Crippen LogP contribution in [0.4, 0.5) is 0 Å². The average Bonchev–Trinajstić information content (AvgIpc) is 2.68. The Balaban J connectivity index is 1.67. The van der Waals surface area contributed by atoms with Crippen LogP contribution in [0.15, 0.2) is 91.0 Å². The van der Waals surface area contributed by atoms with Crippen molar-refractivity contribution in [1.29, 1.82) is 0 Å². The Labute approximate surface area is 147 Å². The number of rotatable bonds is 8. The summed E-state index contributed by atoms with van der Waals surface area (Å²) in [6, 6.07) is 27.4. The average molecular weight is 354 g/mol. The van der Waals surface area contributed by atoms with E-state index >= 15 is 0 Å². The quantitative estimate of drug-likeness (QED) is 0.435. The van der Waals surface area contributed by atoms with Crippen LogP contribution in [0.1, 0.15) is 0 Å². The van der Waals surface area contributed by atoms with E-state index in [1.54, 1.807) is 36.4 Å². The van der Waals surface area contributed by atoms with Crippen LogP contribution in [0.3, 0.4) is 0 Å². The van der Waals surface area contributed by atoms with Crippen LogP contribution in [-0.2, 0) is 9.09 Å². The zero-order valence-corrected chi connectivity index (χ0v) is 14.5. The fourth-order valence-electron chi connectivity index (χ4n) is 2.22. The zero-order valence-electron chi connectivity index (χ0n) is 13.7. The molecule has 3 rings (SSSR count). The third kappa shape index (κ3) is 4.96. The van der Waals surface area contributed by atoms with Gasteiger partial charge in [0.05, 0.1) is 11.9 Å². The molecule has 0 heterocycles. The Hall–Kier alpha value is -2.55. The Morgan fingerprint density at radius 3 is 1.76 bits per heavy atom. The molecular weight excluding hydrogens is 335 g/mol. The van der Waals surface area contributed by atoms with E-state index in [0.717, 1.165) is 5.75 Å². The van der Waals surface area contributed by atoms with Gasteiger partial charge in [-0.2, -0.15) is 0 Å². The van der Waals surface area contributed by atoms with Gasteiger partial charge < -0.3 is 9.26 Å². The number of hydrogen-bond donors (Lipinski definition) is 0. The zero-order chi connectivity index (χ0) is 17.4. The molecule has 0 aliphatic rings. The molecular formula is C20H19O4P. The Morgan fingerprint density at radius 1 is 0.640 bits per heavy atom. The molecule has 3 aromatic rings. The van der Waals surface area contributed by atoms with Crippen LogP contribution in [0.25, 0.3) is 0 Å². The SMILES string of the molecule is O=P(OCCOc1ccccc1)(Oc1ccccc1)c1ccccc1. The van der Waals surface area contributed by atoms with Crippen molar-refractivity contribution < 1.29 is 18.3 Å². The molecule has 1 unspecified atom stereocenters. The second kappa shape index (κ2) is 8.52. The van der Waals surface area contributed by atoms with Gasteiger partial charge in [0, 0.05) is 0 Å². The first kappa shape index (κ1) is 17.3. The van der Waals surface area contributed by atoms with Crippen molar-refractivity contribution in [2.45, 2.75) is 0 Å². The summed E-state index contributed by atoms with van der Waals surface area (Å²) in [6.45, 7) is 0.423. The lowest BCUT2D eigenvalue weighted by atomic mass is 10.3. The summed E-state index contributed by atoms with van der Waals surface area (Å²) in [5.41, 5.74) is 0. The van der Waals surface area contributed by atoms with Gasteiger partial charge in [-0.25, -0.2) is 4.57 Å². The summed E-state index contributed by atoms with van der Waals surface area (Å²) in [5.74, 6) is 1.24. The highest BCUT2D eigenvalue weighted by molar-refractivity contribution is 7.62. The molecule has 0 saturated heterocycles. The van der Waals surface area contributed by atoms with E-state index in [9.17, 15) is 4.57 Å². The molecule has 1 atom stereocenters. The van der Waals surface area contributed by atoms with Crippen molar-refractivity contribution in [3.8, 4) is 11.5 Å². The normalized spacial score (nSPS) is 13.0. The lowest BCUT2D eigenvalue weighted by Gasteiger charge is -2.19. The lowest BCUT2D eigenvalue weighted by Crippen LogP contribution is -2.15. The van der Waals surface area contributed by atoms with Crippen LogP contribution in [0, 0.1) is 0 Å². The minimum absolute atomic E-state index is 0.147. The van der Waals surface area contributed by atoms with Crippen LogP contribution >= 0.6 is 7.60 Å². The molecule has 0 aliphatic carbocycles. The van der Waals surface area contributed by atoms with Gasteiger partial charge in [-0.05, 0) is 36.4 Å². The van der Waals surface area contributed by atoms with E-state index < -0.39 is 7.60 Å². The van der Waals surface area contributed by atoms with Crippen LogP contribution in [0.5, 0.6) is 11.5 Å². The van der Waals surface area contributed by atoms with Gasteiger partial charge >= 0.3 is 7.60 Å². The molecule has 0 radical (unpaired) electrons. The van der Waals surface area contributed by atoms with Crippen molar-refractivity contribution >= 4 is 12.9 Å². The van der Waals surface area contributed by atoms with E-state index in [4.69, 9.17) is 13.8 Å². The predicted octanol–water partition coefficient (Wildman–Crippen LogP) is 4.68. The van der Waals surface area contributed by atoms with E-state index in [1.807, 2.05) is 54.6 Å². The summed E-state index contributed by atoms with van der Waals surface area (Å²) in [7, 11) is -3.49. The Kier molecular flexibility index (Phi) is 5.89.